The number of aromatic carboxylic acids is 1. The summed E-state index contributed by atoms with van der Waals surface area (Å²) in [7, 11) is 0. The second-order valence-electron chi connectivity index (χ2n) is 3.67. The van der Waals surface area contributed by atoms with Crippen LogP contribution in [-0.2, 0) is 0 Å². The van der Waals surface area contributed by atoms with Crippen molar-refractivity contribution >= 4 is 23.3 Å². The second kappa shape index (κ2) is 5.16. The Morgan fingerprint density at radius 1 is 1.21 bits per heavy atom. The number of anilines is 1. The van der Waals surface area contributed by atoms with Crippen LogP contribution in [-0.4, -0.2) is 11.1 Å². The van der Waals surface area contributed by atoms with Gasteiger partial charge in [0.25, 0.3) is 0 Å². The average molecular weight is 282 g/mol. The van der Waals surface area contributed by atoms with Gasteiger partial charge in [0.2, 0.25) is 0 Å². The third-order valence-corrected chi connectivity index (χ3v) is 2.74. The van der Waals surface area contributed by atoms with Gasteiger partial charge in [-0.3, -0.25) is 0 Å². The minimum absolute atomic E-state index is 0.0699. The van der Waals surface area contributed by atoms with Crippen molar-refractivity contribution in [2.24, 2.45) is 0 Å². The second-order valence-corrected chi connectivity index (χ2v) is 4.08. The van der Waals surface area contributed by atoms with Crippen LogP contribution < -0.4 is 10.5 Å². The molecule has 0 saturated heterocycles. The Bertz CT molecular complexity index is 646. The van der Waals surface area contributed by atoms with E-state index >= 15 is 0 Å². The van der Waals surface area contributed by atoms with Gasteiger partial charge >= 0.3 is 5.97 Å². The number of carboxylic acids is 1. The number of nitrogens with two attached hydrogens (primary N) is 1. The maximum Gasteiger partial charge on any atom is 0.341 e. The first-order chi connectivity index (χ1) is 9.00. The van der Waals surface area contributed by atoms with E-state index in [1.807, 2.05) is 0 Å². The highest BCUT2D eigenvalue weighted by atomic mass is 35.5. The number of carboxylic acid groups (broad SMARTS) is 1. The predicted molar refractivity (Wildman–Crippen MR) is 69.3 cm³/mol. The van der Waals surface area contributed by atoms with Gasteiger partial charge in [-0.15, -0.1) is 0 Å². The molecular formula is C13H9ClFNO3. The molecule has 19 heavy (non-hydrogen) atoms. The van der Waals surface area contributed by atoms with Crippen molar-refractivity contribution in [3.63, 3.8) is 0 Å². The normalized spacial score (nSPS) is 10.2. The Labute approximate surface area is 113 Å². The van der Waals surface area contributed by atoms with E-state index in [0.717, 1.165) is 6.07 Å². The monoisotopic (exact) mass is 281 g/mol. The Hall–Kier alpha value is -2.27. The van der Waals surface area contributed by atoms with Crippen LogP contribution in [0.25, 0.3) is 0 Å². The molecule has 2 aromatic rings. The number of para-hydroxylation sites is 1. The van der Waals surface area contributed by atoms with Gasteiger partial charge in [0.1, 0.15) is 22.9 Å². The lowest BCUT2D eigenvalue weighted by molar-refractivity contribution is 0.0695. The largest absolute Gasteiger partial charge is 0.477 e. The quantitative estimate of drug-likeness (QED) is 0.844. The van der Waals surface area contributed by atoms with Crippen molar-refractivity contribution < 1.29 is 19.0 Å². The minimum atomic E-state index is -1.38. The number of halogens is 2. The molecule has 0 aliphatic rings. The first kappa shape index (κ1) is 13.2. The number of benzene rings is 2. The summed E-state index contributed by atoms with van der Waals surface area (Å²) in [6.07, 6.45) is 0. The molecule has 98 valence electrons. The molecule has 0 aliphatic heterocycles. The molecule has 6 heteroatoms. The van der Waals surface area contributed by atoms with Crippen LogP contribution in [0.5, 0.6) is 11.5 Å². The zero-order valence-corrected chi connectivity index (χ0v) is 10.3. The lowest BCUT2D eigenvalue weighted by atomic mass is 10.1. The van der Waals surface area contributed by atoms with Crippen LogP contribution in [0.4, 0.5) is 10.1 Å². The summed E-state index contributed by atoms with van der Waals surface area (Å²) >= 11 is 5.90. The minimum Gasteiger partial charge on any atom is -0.477 e. The topological polar surface area (TPSA) is 72.5 Å². The van der Waals surface area contributed by atoms with Gasteiger partial charge in [0, 0.05) is 0 Å². The molecule has 0 radical (unpaired) electrons. The van der Waals surface area contributed by atoms with Crippen molar-refractivity contribution in [2.45, 2.75) is 0 Å². The van der Waals surface area contributed by atoms with Crippen molar-refractivity contribution in [2.75, 3.05) is 5.73 Å². The zero-order valence-electron chi connectivity index (χ0n) is 9.56. The predicted octanol–water partition coefficient (Wildman–Crippen LogP) is 3.55. The van der Waals surface area contributed by atoms with Gasteiger partial charge in [0.05, 0.1) is 10.7 Å². The van der Waals surface area contributed by atoms with Gasteiger partial charge in [-0.05, 0) is 24.3 Å². The summed E-state index contributed by atoms with van der Waals surface area (Å²) in [4.78, 5) is 11.1. The van der Waals surface area contributed by atoms with Crippen LogP contribution in [0.1, 0.15) is 10.4 Å². The van der Waals surface area contributed by atoms with E-state index in [1.54, 1.807) is 24.3 Å². The molecule has 0 aromatic heterocycles. The van der Waals surface area contributed by atoms with Gasteiger partial charge < -0.3 is 15.6 Å². The molecule has 4 nitrogen and oxygen atoms in total. The molecule has 0 spiro atoms. The SMILES string of the molecule is Nc1c(F)ccc(Oc2ccccc2Cl)c1C(=O)O. The number of ether oxygens (including phenoxy) is 1. The summed E-state index contributed by atoms with van der Waals surface area (Å²) in [6, 6.07) is 8.75. The van der Waals surface area contributed by atoms with Gasteiger partial charge in [0.15, 0.2) is 0 Å². The van der Waals surface area contributed by atoms with E-state index in [9.17, 15) is 9.18 Å². The van der Waals surface area contributed by atoms with Crippen LogP contribution >= 0.6 is 11.6 Å². The van der Waals surface area contributed by atoms with Crippen LogP contribution in [0.2, 0.25) is 5.02 Å². The van der Waals surface area contributed by atoms with Crippen LogP contribution in [0.15, 0.2) is 36.4 Å². The number of hydrogen-bond acceptors (Lipinski definition) is 3. The first-order valence-corrected chi connectivity index (χ1v) is 5.62. The fourth-order valence-electron chi connectivity index (χ4n) is 1.53. The van der Waals surface area contributed by atoms with E-state index in [2.05, 4.69) is 0 Å². The Morgan fingerprint density at radius 2 is 1.89 bits per heavy atom. The molecule has 0 atom stereocenters. The lowest BCUT2D eigenvalue weighted by Crippen LogP contribution is -2.07. The summed E-state index contributed by atoms with van der Waals surface area (Å²) in [5.41, 5.74) is 4.50. The molecule has 0 fully saturated rings. The van der Waals surface area contributed by atoms with E-state index in [4.69, 9.17) is 27.2 Å². The smallest absolute Gasteiger partial charge is 0.341 e. The standard InChI is InChI=1S/C13H9ClFNO3/c14-7-3-1-2-4-9(7)19-10-6-5-8(15)12(16)11(10)13(17)18/h1-6H,16H2,(H,17,18). The Morgan fingerprint density at radius 3 is 2.53 bits per heavy atom. The van der Waals surface area contributed by atoms with Gasteiger partial charge in [-0.1, -0.05) is 23.7 Å². The molecule has 2 rings (SSSR count). The zero-order chi connectivity index (χ0) is 14.0. The highest BCUT2D eigenvalue weighted by Gasteiger charge is 2.19. The van der Waals surface area contributed by atoms with Crippen LogP contribution in [0.3, 0.4) is 0 Å². The third-order valence-electron chi connectivity index (χ3n) is 2.42. The van der Waals surface area contributed by atoms with Crippen LogP contribution in [0, 0.1) is 5.82 Å². The molecule has 3 N–H and O–H groups in total. The van der Waals surface area contributed by atoms with Gasteiger partial charge in [-0.2, -0.15) is 0 Å². The first-order valence-electron chi connectivity index (χ1n) is 5.24. The van der Waals surface area contributed by atoms with Gasteiger partial charge in [-0.25, -0.2) is 9.18 Å². The molecule has 0 saturated carbocycles. The molecular weight excluding hydrogens is 273 g/mol. The van der Waals surface area contributed by atoms with E-state index in [-0.39, 0.29) is 11.5 Å². The summed E-state index contributed by atoms with van der Waals surface area (Å²) in [5.74, 6) is -2.00. The maximum absolute atomic E-state index is 13.3. The number of hydrogen-bond donors (Lipinski definition) is 2. The number of carbonyl (C=O) groups is 1. The third kappa shape index (κ3) is 2.61. The average Bonchev–Trinajstić information content (AvgIpc) is 2.36. The molecule has 2 aromatic carbocycles. The highest BCUT2D eigenvalue weighted by Crippen LogP contribution is 2.34. The maximum atomic E-state index is 13.3. The van der Waals surface area contributed by atoms with Crippen molar-refractivity contribution in [1.29, 1.82) is 0 Å². The fourth-order valence-corrected chi connectivity index (χ4v) is 1.70. The fraction of sp³-hybridized carbons (Fsp3) is 0. The van der Waals surface area contributed by atoms with E-state index < -0.39 is 23.0 Å². The van der Waals surface area contributed by atoms with Crippen molar-refractivity contribution in [3.05, 3.63) is 52.8 Å². The summed E-state index contributed by atoms with van der Waals surface area (Å²) in [6.45, 7) is 0. The number of nitrogen functional groups attached to an aromatic ring is 1. The van der Waals surface area contributed by atoms with Crippen molar-refractivity contribution in [3.8, 4) is 11.5 Å². The highest BCUT2D eigenvalue weighted by molar-refractivity contribution is 6.32. The Balaban J connectivity index is 2.49. The van der Waals surface area contributed by atoms with E-state index in [1.165, 1.54) is 6.07 Å². The molecule has 0 unspecified atom stereocenters. The van der Waals surface area contributed by atoms with E-state index in [0.29, 0.717) is 5.02 Å². The molecule has 0 aliphatic carbocycles. The number of rotatable bonds is 3. The lowest BCUT2D eigenvalue weighted by Gasteiger charge is -2.12. The molecule has 0 heterocycles. The summed E-state index contributed by atoms with van der Waals surface area (Å²) in [5, 5.41) is 9.37. The molecule has 0 amide bonds. The van der Waals surface area contributed by atoms with Crippen molar-refractivity contribution in [1.82, 2.24) is 0 Å². The Kier molecular flexibility index (Phi) is 3.57. The summed E-state index contributed by atoms with van der Waals surface area (Å²) < 4.78 is 18.6. The molecule has 0 bridgehead atoms.